The summed E-state index contributed by atoms with van der Waals surface area (Å²) in [4.78, 5) is 43.2. The molecule has 0 radical (unpaired) electrons. The fourth-order valence-corrected chi connectivity index (χ4v) is 8.42. The highest BCUT2D eigenvalue weighted by Gasteiger charge is 2.50. The van der Waals surface area contributed by atoms with Crippen LogP contribution in [0.2, 0.25) is 0 Å². The van der Waals surface area contributed by atoms with Gasteiger partial charge >= 0.3 is 18.0 Å². The van der Waals surface area contributed by atoms with Crippen LogP contribution in [0, 0.1) is 17.8 Å². The highest BCUT2D eigenvalue weighted by molar-refractivity contribution is 5.90. The number of hydrogen-bond acceptors (Lipinski definition) is 13. The minimum absolute atomic E-state index is 0.00957. The Morgan fingerprint density at radius 1 is 1.07 bits per heavy atom. The molecule has 14 nitrogen and oxygen atoms in total. The van der Waals surface area contributed by atoms with Crippen molar-refractivity contribution in [2.45, 2.75) is 149 Å². The number of aliphatic hydroxyl groups is 1. The molecule has 3 aliphatic rings. The molecule has 0 aromatic heterocycles. The molecule has 0 aliphatic carbocycles. The third-order valence-corrected chi connectivity index (χ3v) is 11.5. The number of nitrogens with one attached hydrogen (secondary N) is 1. The average molecular weight is 818 g/mol. The van der Waals surface area contributed by atoms with Crippen molar-refractivity contribution in [2.24, 2.45) is 17.8 Å². The van der Waals surface area contributed by atoms with Crippen LogP contribution in [0.25, 0.3) is 0 Å². The highest BCUT2D eigenvalue weighted by atomic mass is 16.7. The second-order valence-electron chi connectivity index (χ2n) is 18.4. The largest absolute Gasteiger partial charge is 0.456 e. The Morgan fingerprint density at radius 3 is 2.28 bits per heavy atom. The molecule has 0 saturated carbocycles. The van der Waals surface area contributed by atoms with Gasteiger partial charge in [-0.2, -0.15) is 0 Å². The van der Waals surface area contributed by atoms with Crippen molar-refractivity contribution in [1.82, 2.24) is 15.1 Å². The van der Waals surface area contributed by atoms with Gasteiger partial charge in [0, 0.05) is 46.0 Å². The van der Waals surface area contributed by atoms with Crippen molar-refractivity contribution < 1.29 is 52.6 Å². The third-order valence-electron chi connectivity index (χ3n) is 11.5. The van der Waals surface area contributed by atoms with E-state index >= 15 is 0 Å². The predicted molar refractivity (Wildman–Crippen MR) is 219 cm³/mol. The van der Waals surface area contributed by atoms with E-state index < -0.39 is 53.3 Å². The lowest BCUT2D eigenvalue weighted by Gasteiger charge is -2.48. The summed E-state index contributed by atoms with van der Waals surface area (Å²) in [7, 11) is 5.52. The molecule has 58 heavy (non-hydrogen) atoms. The van der Waals surface area contributed by atoms with Gasteiger partial charge in [0.15, 0.2) is 12.4 Å². The van der Waals surface area contributed by atoms with E-state index in [1.807, 2.05) is 66.6 Å². The number of carbonyl (C=O) groups is 3. The number of hydrogen-bond donors (Lipinski definition) is 2. The van der Waals surface area contributed by atoms with Crippen molar-refractivity contribution in [2.75, 3.05) is 47.4 Å². The van der Waals surface area contributed by atoms with E-state index in [1.54, 1.807) is 57.0 Å². The van der Waals surface area contributed by atoms with Crippen LogP contribution in [0.15, 0.2) is 41.7 Å². The number of likely N-dealkylation sites (N-methyl/N-ethyl adjacent to an activating group) is 1. The molecule has 0 bridgehead atoms. The first-order valence-corrected chi connectivity index (χ1v) is 20.8. The topological polar surface area (TPSA) is 155 Å². The summed E-state index contributed by atoms with van der Waals surface area (Å²) in [6.07, 6.45) is -0.568. The zero-order valence-corrected chi connectivity index (χ0v) is 37.2. The molecule has 2 saturated heterocycles. The van der Waals surface area contributed by atoms with Crippen LogP contribution in [-0.4, -0.2) is 134 Å². The van der Waals surface area contributed by atoms with Crippen LogP contribution < -0.4 is 5.32 Å². The molecular formula is C44H71N3O11. The second kappa shape index (κ2) is 19.9. The maximum atomic E-state index is 13.6. The number of piperidine rings is 1. The zero-order valence-electron chi connectivity index (χ0n) is 37.2. The van der Waals surface area contributed by atoms with Gasteiger partial charge in [-0.05, 0) is 112 Å². The lowest BCUT2D eigenvalue weighted by molar-refractivity contribution is -0.298. The Bertz CT molecular complexity index is 1550. The van der Waals surface area contributed by atoms with Gasteiger partial charge in [0.05, 0.1) is 41.6 Å². The van der Waals surface area contributed by atoms with E-state index in [0.29, 0.717) is 49.4 Å². The summed E-state index contributed by atoms with van der Waals surface area (Å²) in [6, 6.07) is 8.44. The number of esters is 2. The summed E-state index contributed by atoms with van der Waals surface area (Å²) in [5.41, 5.74) is -0.820. The van der Waals surface area contributed by atoms with Gasteiger partial charge in [-0.15, -0.1) is 0 Å². The van der Waals surface area contributed by atoms with Gasteiger partial charge in [0.1, 0.15) is 11.4 Å². The summed E-state index contributed by atoms with van der Waals surface area (Å²) in [6.45, 7) is 20.3. The SMILES string of the molecule is CO[C@](C)(C[C@@H](C)CN[C@@H](CO)C1CCN(C(=O)OC(C)(C)C)CC1)[C@H](O[C@@H]1O[C@H](C)C[C@H](N(C)C)[C@H]1OC(=O)c1ccccc1)[C@@H](C)C1=C(C)C(=O)OC(C)(C)O1. The normalized spacial score (nSPS) is 26.2. The van der Waals surface area contributed by atoms with E-state index in [0.717, 1.165) is 12.8 Å². The fourth-order valence-electron chi connectivity index (χ4n) is 8.42. The summed E-state index contributed by atoms with van der Waals surface area (Å²) in [5, 5.41) is 14.1. The average Bonchev–Trinajstić information content (AvgIpc) is 3.15. The van der Waals surface area contributed by atoms with Crippen molar-refractivity contribution in [3.8, 4) is 0 Å². The summed E-state index contributed by atoms with van der Waals surface area (Å²) < 4.78 is 43.8. The number of aliphatic hydroxyl groups excluding tert-OH is 1. The molecule has 328 valence electrons. The molecule has 3 heterocycles. The number of amides is 1. The number of ether oxygens (including phenoxy) is 7. The molecule has 1 amide bonds. The van der Waals surface area contributed by atoms with Crippen molar-refractivity contribution in [3.05, 3.63) is 47.2 Å². The predicted octanol–water partition coefficient (Wildman–Crippen LogP) is 5.91. The van der Waals surface area contributed by atoms with E-state index in [2.05, 4.69) is 12.2 Å². The molecule has 2 N–H and O–H groups in total. The molecule has 14 heteroatoms. The lowest BCUT2D eigenvalue weighted by atomic mass is 9.80. The molecule has 0 spiro atoms. The number of nitrogens with zero attached hydrogens (tertiary/aromatic N) is 2. The molecule has 3 aliphatic heterocycles. The number of rotatable bonds is 16. The first-order chi connectivity index (χ1) is 27.1. The molecular weight excluding hydrogens is 746 g/mol. The van der Waals surface area contributed by atoms with Crippen molar-refractivity contribution in [3.63, 3.8) is 0 Å². The number of likely N-dealkylation sites (tertiary alicyclic amines) is 1. The molecule has 4 rings (SSSR count). The van der Waals surface area contributed by atoms with Gasteiger partial charge in [0.25, 0.3) is 0 Å². The maximum absolute atomic E-state index is 13.6. The number of carbonyl (C=O) groups excluding carboxylic acids is 3. The van der Waals surface area contributed by atoms with Crippen LogP contribution in [0.3, 0.4) is 0 Å². The molecule has 9 atom stereocenters. The van der Waals surface area contributed by atoms with Crippen LogP contribution >= 0.6 is 0 Å². The van der Waals surface area contributed by atoms with E-state index in [1.165, 1.54) is 0 Å². The van der Waals surface area contributed by atoms with Crippen LogP contribution in [0.1, 0.15) is 105 Å². The van der Waals surface area contributed by atoms with E-state index in [-0.39, 0.29) is 42.7 Å². The standard InChI is InChI=1S/C44H71N3O11/c1-27(25-45-33(26-48)31-19-21-47(22-20-31)41(51)58-42(5,6)7)24-44(10,52-13)37(29(3)35-30(4)38(49)57-43(8,9)56-35)55-40-36(34(46(11)12)23-28(2)53-40)54-39(50)32-17-15-14-16-18-32/h14-18,27-29,31,33-34,36-37,40,45,48H,19-26H2,1-13H3/t27-,28-,29+,33+,34+,36-,37-,40+,44-/m1/s1. The Balaban J connectivity index is 1.60. The molecule has 0 unspecified atom stereocenters. The van der Waals surface area contributed by atoms with Gasteiger partial charge in [-0.3, -0.25) is 0 Å². The van der Waals surface area contributed by atoms with E-state index in [9.17, 15) is 19.5 Å². The third kappa shape index (κ3) is 12.4. The first kappa shape index (κ1) is 47.4. The fraction of sp³-hybridized carbons (Fsp3) is 0.750. The second-order valence-corrected chi connectivity index (χ2v) is 18.4. The monoisotopic (exact) mass is 818 g/mol. The number of cyclic esters (lactones) is 1. The smallest absolute Gasteiger partial charge is 0.410 e. The molecule has 1 aromatic rings. The Morgan fingerprint density at radius 2 is 1.71 bits per heavy atom. The van der Waals surface area contributed by atoms with Crippen molar-refractivity contribution >= 4 is 18.0 Å². The molecule has 2 fully saturated rings. The Hall–Kier alpha value is -3.27. The van der Waals surface area contributed by atoms with Crippen LogP contribution in [0.4, 0.5) is 4.79 Å². The Labute approximate surface area is 346 Å². The zero-order chi connectivity index (χ0) is 43.2. The first-order valence-electron chi connectivity index (χ1n) is 20.8. The quantitative estimate of drug-likeness (QED) is 0.150. The van der Waals surface area contributed by atoms with Crippen molar-refractivity contribution in [1.29, 1.82) is 0 Å². The number of benzene rings is 1. The molecule has 1 aromatic carbocycles. The van der Waals surface area contributed by atoms with Crippen LogP contribution in [0.5, 0.6) is 0 Å². The summed E-state index contributed by atoms with van der Waals surface area (Å²) in [5.74, 6) is -2.14. The number of methoxy groups -OCH3 is 1. The lowest BCUT2D eigenvalue weighted by Crippen LogP contribution is -2.59. The minimum Gasteiger partial charge on any atom is -0.456 e. The van der Waals surface area contributed by atoms with Gasteiger partial charge in [-0.1, -0.05) is 32.0 Å². The van der Waals surface area contributed by atoms with Gasteiger partial charge in [-0.25, -0.2) is 14.4 Å². The highest BCUT2D eigenvalue weighted by Crippen LogP contribution is 2.41. The van der Waals surface area contributed by atoms with E-state index in [4.69, 9.17) is 33.2 Å². The van der Waals surface area contributed by atoms with Crippen LogP contribution in [-0.2, 0) is 38.0 Å². The minimum atomic E-state index is -1.21. The van der Waals surface area contributed by atoms with Gasteiger partial charge < -0.3 is 53.4 Å². The summed E-state index contributed by atoms with van der Waals surface area (Å²) >= 11 is 0. The van der Waals surface area contributed by atoms with Gasteiger partial charge in [0.2, 0.25) is 5.79 Å². The Kier molecular flexibility index (Phi) is 16.2. The maximum Gasteiger partial charge on any atom is 0.410 e.